The van der Waals surface area contributed by atoms with Gasteiger partial charge in [0.2, 0.25) is 0 Å². The number of ether oxygens (including phenoxy) is 1. The van der Waals surface area contributed by atoms with Crippen molar-refractivity contribution in [2.24, 2.45) is 5.92 Å². The Kier molecular flexibility index (Phi) is 4.34. The average Bonchev–Trinajstić information content (AvgIpc) is 2.54. The molecule has 0 saturated carbocycles. The van der Waals surface area contributed by atoms with E-state index in [1.807, 2.05) is 13.0 Å². The van der Waals surface area contributed by atoms with Gasteiger partial charge < -0.3 is 15.4 Å². The Morgan fingerprint density at radius 3 is 2.89 bits per heavy atom. The minimum absolute atomic E-state index is 0.680. The summed E-state index contributed by atoms with van der Waals surface area (Å²) in [6.45, 7) is 7.26. The lowest BCUT2D eigenvalue weighted by molar-refractivity contribution is 0.340. The van der Waals surface area contributed by atoms with Crippen LogP contribution in [0.4, 0.5) is 11.4 Å². The van der Waals surface area contributed by atoms with E-state index in [-0.39, 0.29) is 0 Å². The first-order valence-electron chi connectivity index (χ1n) is 6.97. The highest BCUT2D eigenvalue weighted by Gasteiger charge is 2.15. The molecular weight excluding hydrogens is 224 g/mol. The number of hydrogen-bond donors (Lipinski definition) is 1. The van der Waals surface area contributed by atoms with Gasteiger partial charge in [-0.3, -0.25) is 0 Å². The molecule has 0 amide bonds. The van der Waals surface area contributed by atoms with E-state index in [1.54, 1.807) is 0 Å². The third-order valence-corrected chi connectivity index (χ3v) is 3.61. The van der Waals surface area contributed by atoms with Gasteiger partial charge in [-0.2, -0.15) is 0 Å². The van der Waals surface area contributed by atoms with Crippen LogP contribution in [0.2, 0.25) is 0 Å². The van der Waals surface area contributed by atoms with Crippen LogP contribution in [-0.2, 0) is 0 Å². The number of nitrogen functional groups attached to an aromatic ring is 1. The molecule has 3 heteroatoms. The lowest BCUT2D eigenvalue weighted by Crippen LogP contribution is -2.24. The van der Waals surface area contributed by atoms with Gasteiger partial charge in [0.1, 0.15) is 5.75 Å². The molecule has 1 aromatic rings. The predicted molar refractivity (Wildman–Crippen MR) is 77.3 cm³/mol. The molecule has 100 valence electrons. The fraction of sp³-hybridized carbons (Fsp3) is 0.600. The van der Waals surface area contributed by atoms with Crippen molar-refractivity contribution in [2.45, 2.75) is 33.1 Å². The molecule has 0 spiro atoms. The normalized spacial score (nSPS) is 20.6. The van der Waals surface area contributed by atoms with E-state index in [0.717, 1.165) is 30.4 Å². The Bertz CT molecular complexity index is 392. The second-order valence-corrected chi connectivity index (χ2v) is 5.22. The smallest absolute Gasteiger partial charge is 0.123 e. The molecule has 0 bridgehead atoms. The van der Waals surface area contributed by atoms with E-state index < -0.39 is 0 Å². The molecule has 1 heterocycles. The minimum atomic E-state index is 0.680. The van der Waals surface area contributed by atoms with Crippen molar-refractivity contribution in [2.75, 3.05) is 30.3 Å². The predicted octanol–water partition coefficient (Wildman–Crippen LogP) is 3.29. The SMILES string of the molecule is CCOc1cc(N)cc(N2CCCC(C)CC2)c1. The summed E-state index contributed by atoms with van der Waals surface area (Å²) in [5.74, 6) is 1.72. The topological polar surface area (TPSA) is 38.5 Å². The quantitative estimate of drug-likeness (QED) is 0.834. The summed E-state index contributed by atoms with van der Waals surface area (Å²) in [4.78, 5) is 2.43. The molecule has 1 atom stereocenters. The number of benzene rings is 1. The summed E-state index contributed by atoms with van der Waals surface area (Å²) < 4.78 is 5.56. The second kappa shape index (κ2) is 5.98. The molecule has 1 aromatic carbocycles. The van der Waals surface area contributed by atoms with Crippen LogP contribution in [-0.4, -0.2) is 19.7 Å². The third kappa shape index (κ3) is 3.31. The average molecular weight is 248 g/mol. The summed E-state index contributed by atoms with van der Waals surface area (Å²) in [5, 5.41) is 0. The lowest BCUT2D eigenvalue weighted by Gasteiger charge is -2.23. The summed E-state index contributed by atoms with van der Waals surface area (Å²) in [6.07, 6.45) is 3.86. The number of nitrogens with two attached hydrogens (primary N) is 1. The zero-order valence-electron chi connectivity index (χ0n) is 11.5. The molecule has 2 N–H and O–H groups in total. The van der Waals surface area contributed by atoms with Gasteiger partial charge in [-0.1, -0.05) is 6.92 Å². The first-order chi connectivity index (χ1) is 8.69. The van der Waals surface area contributed by atoms with Crippen LogP contribution in [0.15, 0.2) is 18.2 Å². The molecule has 0 aliphatic carbocycles. The molecule has 3 nitrogen and oxygen atoms in total. The largest absolute Gasteiger partial charge is 0.494 e. The number of anilines is 2. The lowest BCUT2D eigenvalue weighted by atomic mass is 10.0. The molecule has 1 aliphatic rings. The maximum absolute atomic E-state index is 5.96. The first kappa shape index (κ1) is 13.1. The van der Waals surface area contributed by atoms with E-state index in [9.17, 15) is 0 Å². The van der Waals surface area contributed by atoms with Gasteiger partial charge in [0.15, 0.2) is 0 Å². The molecule has 1 aliphatic heterocycles. The molecule has 2 rings (SSSR count). The fourth-order valence-corrected chi connectivity index (χ4v) is 2.56. The minimum Gasteiger partial charge on any atom is -0.494 e. The van der Waals surface area contributed by atoms with E-state index in [4.69, 9.17) is 10.5 Å². The van der Waals surface area contributed by atoms with Crippen LogP contribution < -0.4 is 15.4 Å². The summed E-state index contributed by atoms with van der Waals surface area (Å²) in [5.41, 5.74) is 7.94. The van der Waals surface area contributed by atoms with Gasteiger partial charge in [0.05, 0.1) is 6.61 Å². The van der Waals surface area contributed by atoms with E-state index in [2.05, 4.69) is 24.0 Å². The summed E-state index contributed by atoms with van der Waals surface area (Å²) >= 11 is 0. The van der Waals surface area contributed by atoms with Crippen LogP contribution in [0.25, 0.3) is 0 Å². The van der Waals surface area contributed by atoms with Gasteiger partial charge in [0.25, 0.3) is 0 Å². The fourth-order valence-electron chi connectivity index (χ4n) is 2.56. The van der Waals surface area contributed by atoms with Crippen molar-refractivity contribution in [3.63, 3.8) is 0 Å². The van der Waals surface area contributed by atoms with Gasteiger partial charge in [-0.05, 0) is 38.2 Å². The molecule has 0 aromatic heterocycles. The van der Waals surface area contributed by atoms with E-state index in [0.29, 0.717) is 6.61 Å². The van der Waals surface area contributed by atoms with Gasteiger partial charge in [-0.15, -0.1) is 0 Å². The van der Waals surface area contributed by atoms with Gasteiger partial charge in [-0.25, -0.2) is 0 Å². The van der Waals surface area contributed by atoms with Crippen molar-refractivity contribution in [3.05, 3.63) is 18.2 Å². The first-order valence-corrected chi connectivity index (χ1v) is 6.97. The number of nitrogens with zero attached hydrogens (tertiary/aromatic N) is 1. The molecular formula is C15H24N2O. The van der Waals surface area contributed by atoms with Crippen LogP contribution in [0, 0.1) is 5.92 Å². The van der Waals surface area contributed by atoms with Crippen molar-refractivity contribution in [1.82, 2.24) is 0 Å². The van der Waals surface area contributed by atoms with Crippen molar-refractivity contribution in [1.29, 1.82) is 0 Å². The molecule has 0 radical (unpaired) electrons. The van der Waals surface area contributed by atoms with Gasteiger partial charge in [0, 0.05) is 36.6 Å². The molecule has 1 fully saturated rings. The Balaban J connectivity index is 2.15. The van der Waals surface area contributed by atoms with Crippen molar-refractivity contribution < 1.29 is 4.74 Å². The number of rotatable bonds is 3. The Morgan fingerprint density at radius 1 is 1.28 bits per heavy atom. The van der Waals surface area contributed by atoms with Crippen LogP contribution in [0.3, 0.4) is 0 Å². The zero-order valence-corrected chi connectivity index (χ0v) is 11.5. The maximum atomic E-state index is 5.96. The Hall–Kier alpha value is -1.38. The molecule has 1 unspecified atom stereocenters. The Labute approximate surface area is 110 Å². The number of hydrogen-bond acceptors (Lipinski definition) is 3. The highest BCUT2D eigenvalue weighted by atomic mass is 16.5. The summed E-state index contributed by atoms with van der Waals surface area (Å²) in [7, 11) is 0. The Morgan fingerprint density at radius 2 is 2.11 bits per heavy atom. The van der Waals surface area contributed by atoms with Crippen molar-refractivity contribution in [3.8, 4) is 5.75 Å². The molecule has 1 saturated heterocycles. The van der Waals surface area contributed by atoms with Crippen LogP contribution >= 0.6 is 0 Å². The van der Waals surface area contributed by atoms with E-state index in [1.165, 1.54) is 24.9 Å². The van der Waals surface area contributed by atoms with E-state index >= 15 is 0 Å². The van der Waals surface area contributed by atoms with Gasteiger partial charge >= 0.3 is 0 Å². The zero-order chi connectivity index (χ0) is 13.0. The standard InChI is InChI=1S/C15H24N2O/c1-3-18-15-10-13(16)9-14(11-15)17-7-4-5-12(2)6-8-17/h9-12H,3-8,16H2,1-2H3. The highest BCUT2D eigenvalue weighted by Crippen LogP contribution is 2.28. The van der Waals surface area contributed by atoms with Crippen molar-refractivity contribution >= 4 is 11.4 Å². The second-order valence-electron chi connectivity index (χ2n) is 5.22. The third-order valence-electron chi connectivity index (χ3n) is 3.61. The molecule has 18 heavy (non-hydrogen) atoms. The summed E-state index contributed by atoms with van der Waals surface area (Å²) in [6, 6.07) is 6.06. The van der Waals surface area contributed by atoms with Crippen LogP contribution in [0.5, 0.6) is 5.75 Å². The van der Waals surface area contributed by atoms with Crippen LogP contribution in [0.1, 0.15) is 33.1 Å². The monoisotopic (exact) mass is 248 g/mol. The maximum Gasteiger partial charge on any atom is 0.123 e. The highest BCUT2D eigenvalue weighted by molar-refractivity contribution is 5.60.